The second-order valence-corrected chi connectivity index (χ2v) is 7.67. The van der Waals surface area contributed by atoms with Crippen molar-refractivity contribution in [2.45, 2.75) is 52.9 Å². The van der Waals surface area contributed by atoms with E-state index in [1.54, 1.807) is 0 Å². The Bertz CT molecular complexity index is 869. The first-order chi connectivity index (χ1) is 13.2. The minimum atomic E-state index is -0.0425. The molecule has 27 heavy (non-hydrogen) atoms. The first-order valence-corrected chi connectivity index (χ1v) is 10.2. The molecule has 0 radical (unpaired) electrons. The second kappa shape index (κ2) is 8.92. The van der Waals surface area contributed by atoms with Gasteiger partial charge in [0.1, 0.15) is 0 Å². The van der Waals surface area contributed by atoms with Gasteiger partial charge in [0, 0.05) is 5.56 Å². The van der Waals surface area contributed by atoms with Gasteiger partial charge in [0.25, 0.3) is 0 Å². The second-order valence-electron chi connectivity index (χ2n) is 7.67. The fraction of sp³-hybridized carbons (Fsp3) is 0.333. The molecular formula is C27H30. The van der Waals surface area contributed by atoms with Crippen molar-refractivity contribution in [1.29, 1.82) is 0 Å². The molecule has 1 aliphatic carbocycles. The maximum atomic E-state index is 3.64. The van der Waals surface area contributed by atoms with Crippen LogP contribution in [0.4, 0.5) is 0 Å². The SMILES string of the molecule is CCCc1ccc(C#CC2(CCC)C=CC(c3ccccc3)=C(C)C2)cc1. The summed E-state index contributed by atoms with van der Waals surface area (Å²) >= 11 is 0. The lowest BCUT2D eigenvalue weighted by molar-refractivity contribution is 0.455. The van der Waals surface area contributed by atoms with E-state index in [9.17, 15) is 0 Å². The van der Waals surface area contributed by atoms with Crippen molar-refractivity contribution in [3.8, 4) is 11.8 Å². The molecular weight excluding hydrogens is 324 g/mol. The van der Waals surface area contributed by atoms with Crippen molar-refractivity contribution in [2.24, 2.45) is 5.41 Å². The van der Waals surface area contributed by atoms with E-state index in [4.69, 9.17) is 0 Å². The molecule has 0 spiro atoms. The lowest BCUT2D eigenvalue weighted by Crippen LogP contribution is -2.19. The van der Waals surface area contributed by atoms with E-state index < -0.39 is 0 Å². The average molecular weight is 355 g/mol. The van der Waals surface area contributed by atoms with Crippen LogP contribution in [0.3, 0.4) is 0 Å². The molecule has 1 aliphatic rings. The number of aryl methyl sites for hydroxylation is 1. The van der Waals surface area contributed by atoms with Crippen LogP contribution < -0.4 is 0 Å². The van der Waals surface area contributed by atoms with Gasteiger partial charge in [0.15, 0.2) is 0 Å². The standard InChI is InChI=1S/C27H30/c1-4-9-23-12-14-24(15-13-23)16-19-27(18-5-2)20-17-26(22(3)21-27)25-10-7-6-8-11-25/h6-8,10-15,17,20H,4-5,9,18,21H2,1-3H3. The highest BCUT2D eigenvalue weighted by atomic mass is 14.3. The number of hydrogen-bond donors (Lipinski definition) is 0. The molecule has 0 aliphatic heterocycles. The van der Waals surface area contributed by atoms with E-state index in [2.05, 4.69) is 99.4 Å². The maximum Gasteiger partial charge on any atom is 0.0537 e. The van der Waals surface area contributed by atoms with Gasteiger partial charge >= 0.3 is 0 Å². The topological polar surface area (TPSA) is 0 Å². The van der Waals surface area contributed by atoms with Crippen molar-refractivity contribution in [2.75, 3.05) is 0 Å². The van der Waals surface area contributed by atoms with Gasteiger partial charge in [0.05, 0.1) is 5.41 Å². The van der Waals surface area contributed by atoms with Crippen LogP contribution in [0.15, 0.2) is 72.3 Å². The monoisotopic (exact) mass is 354 g/mol. The zero-order valence-electron chi connectivity index (χ0n) is 16.9. The van der Waals surface area contributed by atoms with Crippen LogP contribution in [0, 0.1) is 17.3 Å². The molecule has 1 unspecified atom stereocenters. The Morgan fingerprint density at radius 3 is 2.30 bits per heavy atom. The average Bonchev–Trinajstić information content (AvgIpc) is 2.69. The first kappa shape index (κ1) is 19.2. The minimum Gasteiger partial charge on any atom is -0.0866 e. The third-order valence-corrected chi connectivity index (χ3v) is 5.34. The van der Waals surface area contributed by atoms with Crippen molar-refractivity contribution in [3.05, 3.63) is 89.0 Å². The van der Waals surface area contributed by atoms with Crippen molar-refractivity contribution < 1.29 is 0 Å². The van der Waals surface area contributed by atoms with E-state index in [-0.39, 0.29) is 5.41 Å². The quantitative estimate of drug-likeness (QED) is 0.498. The number of allylic oxidation sites excluding steroid dienone is 4. The van der Waals surface area contributed by atoms with Crippen LogP contribution in [-0.2, 0) is 6.42 Å². The van der Waals surface area contributed by atoms with E-state index in [1.165, 1.54) is 28.7 Å². The predicted molar refractivity (Wildman–Crippen MR) is 117 cm³/mol. The molecule has 2 aromatic carbocycles. The zero-order chi connectivity index (χ0) is 19.1. The summed E-state index contributed by atoms with van der Waals surface area (Å²) in [6.45, 7) is 6.73. The van der Waals surface area contributed by atoms with Gasteiger partial charge < -0.3 is 0 Å². The number of rotatable bonds is 5. The molecule has 0 nitrogen and oxygen atoms in total. The lowest BCUT2D eigenvalue weighted by Gasteiger charge is -2.30. The number of benzene rings is 2. The Kier molecular flexibility index (Phi) is 6.36. The van der Waals surface area contributed by atoms with Crippen molar-refractivity contribution in [1.82, 2.24) is 0 Å². The van der Waals surface area contributed by atoms with E-state index in [1.807, 2.05) is 0 Å². The summed E-state index contributed by atoms with van der Waals surface area (Å²) in [4.78, 5) is 0. The zero-order valence-corrected chi connectivity index (χ0v) is 16.9. The Morgan fingerprint density at radius 1 is 0.926 bits per heavy atom. The molecule has 0 N–H and O–H groups in total. The van der Waals surface area contributed by atoms with Gasteiger partial charge in [0.2, 0.25) is 0 Å². The third kappa shape index (κ3) is 4.81. The third-order valence-electron chi connectivity index (χ3n) is 5.34. The molecule has 0 bridgehead atoms. The Labute approximate surface area is 165 Å². The summed E-state index contributed by atoms with van der Waals surface area (Å²) < 4.78 is 0. The van der Waals surface area contributed by atoms with Gasteiger partial charge in [-0.25, -0.2) is 0 Å². The highest BCUT2D eigenvalue weighted by Crippen LogP contribution is 2.40. The molecule has 0 saturated heterocycles. The van der Waals surface area contributed by atoms with Gasteiger partial charge in [-0.05, 0) is 55.0 Å². The summed E-state index contributed by atoms with van der Waals surface area (Å²) in [6, 6.07) is 19.5. The first-order valence-electron chi connectivity index (χ1n) is 10.2. The lowest BCUT2D eigenvalue weighted by atomic mass is 9.73. The molecule has 2 aromatic rings. The van der Waals surface area contributed by atoms with Crippen LogP contribution in [0.2, 0.25) is 0 Å². The van der Waals surface area contributed by atoms with Crippen molar-refractivity contribution >= 4 is 5.57 Å². The Hall–Kier alpha value is -2.52. The fourth-order valence-corrected chi connectivity index (χ4v) is 3.98. The molecule has 1 atom stereocenters. The van der Waals surface area contributed by atoms with Gasteiger partial charge in [-0.2, -0.15) is 0 Å². The molecule has 0 heteroatoms. The van der Waals surface area contributed by atoms with Crippen LogP contribution >= 0.6 is 0 Å². The fourth-order valence-electron chi connectivity index (χ4n) is 3.98. The summed E-state index contributed by atoms with van der Waals surface area (Å²) in [5, 5.41) is 0. The molecule has 0 heterocycles. The van der Waals surface area contributed by atoms with E-state index in [0.717, 1.165) is 31.2 Å². The predicted octanol–water partition coefficient (Wildman–Crippen LogP) is 7.21. The molecule has 0 saturated carbocycles. The van der Waals surface area contributed by atoms with Crippen LogP contribution in [0.25, 0.3) is 5.57 Å². The normalized spacial score (nSPS) is 18.9. The molecule has 0 amide bonds. The Morgan fingerprint density at radius 2 is 1.67 bits per heavy atom. The maximum absolute atomic E-state index is 3.64. The molecule has 0 aromatic heterocycles. The summed E-state index contributed by atoms with van der Waals surface area (Å²) in [6.07, 6.45) is 10.2. The molecule has 138 valence electrons. The highest BCUT2D eigenvalue weighted by molar-refractivity contribution is 5.78. The van der Waals surface area contributed by atoms with Crippen LogP contribution in [-0.4, -0.2) is 0 Å². The van der Waals surface area contributed by atoms with Gasteiger partial charge in [-0.1, -0.05) is 98.7 Å². The van der Waals surface area contributed by atoms with Gasteiger partial charge in [-0.15, -0.1) is 0 Å². The van der Waals surface area contributed by atoms with Crippen LogP contribution in [0.5, 0.6) is 0 Å². The van der Waals surface area contributed by atoms with E-state index >= 15 is 0 Å². The smallest absolute Gasteiger partial charge is 0.0537 e. The molecule has 3 rings (SSSR count). The minimum absolute atomic E-state index is 0.0425. The number of hydrogen-bond acceptors (Lipinski definition) is 0. The van der Waals surface area contributed by atoms with Gasteiger partial charge in [-0.3, -0.25) is 0 Å². The van der Waals surface area contributed by atoms with Crippen molar-refractivity contribution in [3.63, 3.8) is 0 Å². The summed E-state index contributed by atoms with van der Waals surface area (Å²) in [5.74, 6) is 7.10. The van der Waals surface area contributed by atoms with Crippen LogP contribution in [0.1, 0.15) is 63.1 Å². The molecule has 0 fully saturated rings. The Balaban J connectivity index is 1.84. The highest BCUT2D eigenvalue weighted by Gasteiger charge is 2.28. The summed E-state index contributed by atoms with van der Waals surface area (Å²) in [5.41, 5.74) is 6.57. The van der Waals surface area contributed by atoms with E-state index in [0.29, 0.717) is 0 Å². The largest absolute Gasteiger partial charge is 0.0866 e. The summed E-state index contributed by atoms with van der Waals surface area (Å²) in [7, 11) is 0.